The van der Waals surface area contributed by atoms with Crippen LogP contribution < -0.4 is 5.32 Å². The maximum Gasteiger partial charge on any atom is 0.410 e. The van der Waals surface area contributed by atoms with Crippen molar-refractivity contribution in [2.75, 3.05) is 13.1 Å². The first-order chi connectivity index (χ1) is 15.4. The second-order valence-corrected chi connectivity index (χ2v) is 10.3. The van der Waals surface area contributed by atoms with Crippen molar-refractivity contribution in [3.63, 3.8) is 0 Å². The average molecular weight is 439 g/mol. The van der Waals surface area contributed by atoms with Crippen molar-refractivity contribution in [1.82, 2.24) is 29.7 Å². The third-order valence-corrected chi connectivity index (χ3v) is 6.86. The Balaban J connectivity index is 1.18. The Labute approximate surface area is 188 Å². The molecule has 1 aliphatic carbocycles. The Bertz CT molecular complexity index is 1090. The summed E-state index contributed by atoms with van der Waals surface area (Å²) in [6, 6.07) is 3.28. The molecule has 3 aromatic rings. The predicted molar refractivity (Wildman–Crippen MR) is 125 cm³/mol. The van der Waals surface area contributed by atoms with E-state index in [9.17, 15) is 4.79 Å². The monoisotopic (exact) mass is 438 g/mol. The molecule has 3 aromatic heterocycles. The van der Waals surface area contributed by atoms with E-state index < -0.39 is 5.60 Å². The van der Waals surface area contributed by atoms with Gasteiger partial charge in [0.1, 0.15) is 16.8 Å². The van der Waals surface area contributed by atoms with Gasteiger partial charge >= 0.3 is 6.09 Å². The SMILES string of the molecule is CC(C)(C)OC(=O)N1CCC[C@@H]1CN[C@H]1CC[C@H](n2cnc3cnc4[nH]ccc4c32)CC1. The molecule has 2 aliphatic rings. The number of likely N-dealkylation sites (tertiary alicyclic amines) is 1. The summed E-state index contributed by atoms with van der Waals surface area (Å²) in [5, 5.41) is 4.89. The summed E-state index contributed by atoms with van der Waals surface area (Å²) in [6.45, 7) is 7.41. The summed E-state index contributed by atoms with van der Waals surface area (Å²) < 4.78 is 7.95. The van der Waals surface area contributed by atoms with Crippen LogP contribution in [0.2, 0.25) is 0 Å². The molecule has 8 heteroatoms. The van der Waals surface area contributed by atoms with Crippen LogP contribution in [-0.4, -0.2) is 61.3 Å². The van der Waals surface area contributed by atoms with E-state index >= 15 is 0 Å². The van der Waals surface area contributed by atoms with Crippen molar-refractivity contribution in [1.29, 1.82) is 0 Å². The minimum absolute atomic E-state index is 0.178. The van der Waals surface area contributed by atoms with E-state index in [4.69, 9.17) is 4.74 Å². The van der Waals surface area contributed by atoms with E-state index in [0.29, 0.717) is 12.1 Å². The minimum atomic E-state index is -0.449. The molecule has 5 rings (SSSR count). The molecule has 172 valence electrons. The van der Waals surface area contributed by atoms with Gasteiger partial charge in [-0.25, -0.2) is 14.8 Å². The predicted octanol–water partition coefficient (Wildman–Crippen LogP) is 4.39. The van der Waals surface area contributed by atoms with Crippen LogP contribution in [0.4, 0.5) is 4.79 Å². The van der Waals surface area contributed by atoms with Crippen LogP contribution in [0.3, 0.4) is 0 Å². The third-order valence-electron chi connectivity index (χ3n) is 6.86. The molecule has 0 spiro atoms. The van der Waals surface area contributed by atoms with E-state index in [1.54, 1.807) is 0 Å². The van der Waals surface area contributed by atoms with Crippen LogP contribution in [0.15, 0.2) is 24.8 Å². The number of carbonyl (C=O) groups excluding carboxylic acids is 1. The van der Waals surface area contributed by atoms with Crippen molar-refractivity contribution < 1.29 is 9.53 Å². The molecule has 1 atom stereocenters. The number of rotatable bonds is 4. The van der Waals surface area contributed by atoms with E-state index in [1.807, 2.05) is 44.4 Å². The summed E-state index contributed by atoms with van der Waals surface area (Å²) in [6.07, 6.45) is 12.2. The molecule has 2 N–H and O–H groups in total. The Morgan fingerprint density at radius 3 is 2.81 bits per heavy atom. The standard InChI is InChI=1S/C24H34N6O2/c1-24(2,3)32-23(31)29-12-4-5-18(29)13-26-16-6-8-17(9-7-16)30-15-28-20-14-27-22-19(21(20)30)10-11-25-22/h10-11,14-18,26H,4-9,12-13H2,1-3H3,(H,25,27)/t16-,17-,18-/m1/s1. The Hall–Kier alpha value is -2.61. The van der Waals surface area contributed by atoms with Crippen molar-refractivity contribution in [2.24, 2.45) is 0 Å². The Morgan fingerprint density at radius 1 is 1.22 bits per heavy atom. The number of aromatic nitrogens is 4. The lowest BCUT2D eigenvalue weighted by atomic mass is 9.90. The molecular weight excluding hydrogens is 404 g/mol. The molecule has 1 aliphatic heterocycles. The van der Waals surface area contributed by atoms with Gasteiger partial charge in [0.2, 0.25) is 0 Å². The molecule has 1 saturated heterocycles. The number of fused-ring (bicyclic) bond motifs is 3. The van der Waals surface area contributed by atoms with Gasteiger partial charge in [0.15, 0.2) is 0 Å². The molecular formula is C24H34N6O2. The highest BCUT2D eigenvalue weighted by Gasteiger charge is 2.33. The smallest absolute Gasteiger partial charge is 0.410 e. The van der Waals surface area contributed by atoms with Crippen molar-refractivity contribution in [2.45, 2.75) is 83.0 Å². The van der Waals surface area contributed by atoms with Crippen LogP contribution in [0.25, 0.3) is 22.1 Å². The van der Waals surface area contributed by atoms with Crippen LogP contribution >= 0.6 is 0 Å². The lowest BCUT2D eigenvalue weighted by Crippen LogP contribution is -2.46. The molecule has 0 aromatic carbocycles. The van der Waals surface area contributed by atoms with Gasteiger partial charge in [-0.15, -0.1) is 0 Å². The van der Waals surface area contributed by atoms with Gasteiger partial charge in [0.25, 0.3) is 0 Å². The number of H-pyrrole nitrogens is 1. The van der Waals surface area contributed by atoms with Crippen LogP contribution in [0, 0.1) is 0 Å². The van der Waals surface area contributed by atoms with Crippen molar-refractivity contribution >= 4 is 28.2 Å². The molecule has 8 nitrogen and oxygen atoms in total. The Morgan fingerprint density at radius 2 is 2.03 bits per heavy atom. The van der Waals surface area contributed by atoms with Crippen LogP contribution in [0.5, 0.6) is 0 Å². The summed E-state index contributed by atoms with van der Waals surface area (Å²) >= 11 is 0. The maximum absolute atomic E-state index is 12.5. The maximum atomic E-state index is 12.5. The number of ether oxygens (including phenoxy) is 1. The van der Waals surface area contributed by atoms with Crippen LogP contribution in [0.1, 0.15) is 65.3 Å². The number of nitrogens with one attached hydrogen (secondary N) is 2. The second-order valence-electron chi connectivity index (χ2n) is 10.3. The van der Waals surface area contributed by atoms with Gasteiger partial charge in [0.05, 0.1) is 18.0 Å². The van der Waals surface area contributed by atoms with Gasteiger partial charge in [-0.2, -0.15) is 0 Å². The number of imidazole rings is 1. The second kappa shape index (κ2) is 8.39. The highest BCUT2D eigenvalue weighted by molar-refractivity contribution is 6.00. The number of hydrogen-bond donors (Lipinski definition) is 2. The number of pyridine rings is 1. The fourth-order valence-corrected chi connectivity index (χ4v) is 5.28. The summed E-state index contributed by atoms with van der Waals surface area (Å²) in [4.78, 5) is 26.7. The molecule has 0 bridgehead atoms. The largest absolute Gasteiger partial charge is 0.444 e. The lowest BCUT2D eigenvalue weighted by molar-refractivity contribution is 0.0223. The highest BCUT2D eigenvalue weighted by Crippen LogP contribution is 2.33. The first-order valence-corrected chi connectivity index (χ1v) is 11.9. The molecule has 0 unspecified atom stereocenters. The molecule has 0 radical (unpaired) electrons. The first kappa shape index (κ1) is 21.2. The van der Waals surface area contributed by atoms with Crippen LogP contribution in [-0.2, 0) is 4.74 Å². The van der Waals surface area contributed by atoms with Gasteiger partial charge < -0.3 is 24.5 Å². The lowest BCUT2D eigenvalue weighted by Gasteiger charge is -2.33. The number of hydrogen-bond acceptors (Lipinski definition) is 5. The summed E-state index contributed by atoms with van der Waals surface area (Å²) in [5.74, 6) is 0. The van der Waals surface area contributed by atoms with Gasteiger partial charge in [-0.3, -0.25) is 0 Å². The fraction of sp³-hybridized carbons (Fsp3) is 0.625. The minimum Gasteiger partial charge on any atom is -0.444 e. The quantitative estimate of drug-likeness (QED) is 0.631. The van der Waals surface area contributed by atoms with Crippen molar-refractivity contribution in [3.8, 4) is 0 Å². The van der Waals surface area contributed by atoms with Gasteiger partial charge in [-0.1, -0.05) is 0 Å². The normalized spacial score (nSPS) is 24.5. The third kappa shape index (κ3) is 4.20. The Kier molecular flexibility index (Phi) is 5.57. The van der Waals surface area contributed by atoms with E-state index in [1.165, 1.54) is 5.52 Å². The number of nitrogens with zero attached hydrogens (tertiary/aromatic N) is 4. The first-order valence-electron chi connectivity index (χ1n) is 11.9. The number of amides is 1. The zero-order valence-electron chi connectivity index (χ0n) is 19.3. The van der Waals surface area contributed by atoms with E-state index in [-0.39, 0.29) is 12.1 Å². The number of carbonyl (C=O) groups is 1. The molecule has 2 fully saturated rings. The van der Waals surface area contributed by atoms with E-state index in [0.717, 1.165) is 68.2 Å². The van der Waals surface area contributed by atoms with Crippen molar-refractivity contribution in [3.05, 3.63) is 24.8 Å². The summed E-state index contributed by atoms with van der Waals surface area (Å²) in [7, 11) is 0. The summed E-state index contributed by atoms with van der Waals surface area (Å²) in [5.41, 5.74) is 2.61. The highest BCUT2D eigenvalue weighted by atomic mass is 16.6. The van der Waals surface area contributed by atoms with Gasteiger partial charge in [-0.05, 0) is 65.4 Å². The zero-order valence-corrected chi connectivity index (χ0v) is 19.3. The molecule has 1 saturated carbocycles. The van der Waals surface area contributed by atoms with Gasteiger partial charge in [0, 0.05) is 42.8 Å². The molecule has 1 amide bonds. The fourth-order valence-electron chi connectivity index (χ4n) is 5.28. The average Bonchev–Trinajstić information content (AvgIpc) is 3.49. The topological polar surface area (TPSA) is 88.1 Å². The molecule has 4 heterocycles. The zero-order chi connectivity index (χ0) is 22.3. The number of aromatic amines is 1. The molecule has 32 heavy (non-hydrogen) atoms. The van der Waals surface area contributed by atoms with E-state index in [2.05, 4.69) is 30.9 Å².